The largest absolute Gasteiger partial charge is 0.459 e. The van der Waals surface area contributed by atoms with Crippen LogP contribution in [-0.4, -0.2) is 18.0 Å². The normalized spacial score (nSPS) is 24.7. The van der Waals surface area contributed by atoms with E-state index in [1.165, 1.54) is 0 Å². The summed E-state index contributed by atoms with van der Waals surface area (Å²) in [6.45, 7) is 1.92. The summed E-state index contributed by atoms with van der Waals surface area (Å²) < 4.78 is 10.0. The second-order valence-electron chi connectivity index (χ2n) is 1.92. The summed E-state index contributed by atoms with van der Waals surface area (Å²) in [6.07, 6.45) is 1.84. The van der Waals surface area contributed by atoms with Crippen LogP contribution in [0.15, 0.2) is 12.0 Å². The third-order valence-electron chi connectivity index (χ3n) is 1.07. The monoisotopic (exact) mass is 130 g/mol. The van der Waals surface area contributed by atoms with Gasteiger partial charge in [-0.1, -0.05) is 0 Å². The maximum absolute atomic E-state index is 8.43. The van der Waals surface area contributed by atoms with Gasteiger partial charge in [-0.05, 0) is 6.92 Å². The van der Waals surface area contributed by atoms with E-state index in [2.05, 4.69) is 0 Å². The first kappa shape index (κ1) is 6.42. The molecule has 0 spiro atoms. The van der Waals surface area contributed by atoms with Crippen molar-refractivity contribution in [3.8, 4) is 0 Å². The van der Waals surface area contributed by atoms with Crippen molar-refractivity contribution in [2.45, 2.75) is 19.6 Å². The van der Waals surface area contributed by atoms with Gasteiger partial charge in [0, 0.05) is 6.42 Å². The predicted molar refractivity (Wildman–Crippen MR) is 31.4 cm³/mol. The molecule has 1 aliphatic rings. The Labute approximate surface area is 53.9 Å². The molecule has 52 valence electrons. The third kappa shape index (κ3) is 1.61. The third-order valence-corrected chi connectivity index (χ3v) is 1.07. The van der Waals surface area contributed by atoms with E-state index < -0.39 is 0 Å². The molecule has 1 rings (SSSR count). The van der Waals surface area contributed by atoms with Gasteiger partial charge in [-0.25, -0.2) is 0 Å². The Morgan fingerprint density at radius 2 is 2.56 bits per heavy atom. The van der Waals surface area contributed by atoms with E-state index in [0.717, 1.165) is 5.76 Å². The minimum Gasteiger partial charge on any atom is -0.459 e. The van der Waals surface area contributed by atoms with Gasteiger partial charge in [-0.2, -0.15) is 0 Å². The summed E-state index contributed by atoms with van der Waals surface area (Å²) in [7, 11) is 0. The molecule has 0 aromatic rings. The lowest BCUT2D eigenvalue weighted by atomic mass is 10.4. The molecule has 0 aromatic carbocycles. The van der Waals surface area contributed by atoms with E-state index >= 15 is 0 Å². The molecule has 1 unspecified atom stereocenters. The Bertz CT molecular complexity index is 119. The molecule has 0 amide bonds. The highest BCUT2D eigenvalue weighted by Gasteiger charge is 2.14. The number of hydrogen-bond acceptors (Lipinski definition) is 3. The van der Waals surface area contributed by atoms with Gasteiger partial charge in [0.2, 0.25) is 6.29 Å². The number of ether oxygens (including phenoxy) is 2. The van der Waals surface area contributed by atoms with Crippen LogP contribution in [0.1, 0.15) is 13.3 Å². The summed E-state index contributed by atoms with van der Waals surface area (Å²) in [5.41, 5.74) is 0. The molecule has 0 radical (unpaired) electrons. The maximum Gasteiger partial charge on any atom is 0.242 e. The Balaban J connectivity index is 2.21. The van der Waals surface area contributed by atoms with Crippen LogP contribution in [0.5, 0.6) is 0 Å². The summed E-state index contributed by atoms with van der Waals surface area (Å²) in [5, 5.41) is 8.43. The SMILES string of the molecule is CC1=COC(CCO)O1. The van der Waals surface area contributed by atoms with Gasteiger partial charge in [0.05, 0.1) is 6.61 Å². The standard InChI is InChI=1S/C6H10O3/c1-5-4-8-6(9-5)2-3-7/h4,6-7H,2-3H2,1H3. The van der Waals surface area contributed by atoms with Crippen molar-refractivity contribution in [1.82, 2.24) is 0 Å². The van der Waals surface area contributed by atoms with Crippen molar-refractivity contribution in [3.05, 3.63) is 12.0 Å². The fraction of sp³-hybridized carbons (Fsp3) is 0.667. The van der Waals surface area contributed by atoms with Crippen LogP contribution < -0.4 is 0 Å². The minimum atomic E-state index is -0.255. The first-order valence-corrected chi connectivity index (χ1v) is 2.92. The van der Waals surface area contributed by atoms with Crippen molar-refractivity contribution in [2.75, 3.05) is 6.61 Å². The highest BCUT2D eigenvalue weighted by atomic mass is 16.7. The van der Waals surface area contributed by atoms with Crippen molar-refractivity contribution in [2.24, 2.45) is 0 Å². The van der Waals surface area contributed by atoms with Gasteiger partial charge < -0.3 is 14.6 Å². The van der Waals surface area contributed by atoms with Gasteiger partial charge in [0.1, 0.15) is 12.0 Å². The zero-order valence-electron chi connectivity index (χ0n) is 5.33. The average Bonchev–Trinajstić information content (AvgIpc) is 2.17. The number of aliphatic hydroxyl groups is 1. The molecule has 1 atom stereocenters. The average molecular weight is 130 g/mol. The molecule has 0 fully saturated rings. The first-order chi connectivity index (χ1) is 4.33. The van der Waals surface area contributed by atoms with Gasteiger partial charge in [0.15, 0.2) is 0 Å². The second-order valence-corrected chi connectivity index (χ2v) is 1.92. The Morgan fingerprint density at radius 3 is 3.00 bits per heavy atom. The molecule has 0 saturated carbocycles. The Kier molecular flexibility index (Phi) is 1.95. The molecule has 0 bridgehead atoms. The molecule has 3 heteroatoms. The van der Waals surface area contributed by atoms with Crippen LogP contribution >= 0.6 is 0 Å². The summed E-state index contributed by atoms with van der Waals surface area (Å²) in [5.74, 6) is 0.772. The van der Waals surface area contributed by atoms with Crippen LogP contribution in [-0.2, 0) is 9.47 Å². The van der Waals surface area contributed by atoms with E-state index in [1.54, 1.807) is 6.26 Å². The summed E-state index contributed by atoms with van der Waals surface area (Å²) in [6, 6.07) is 0. The Morgan fingerprint density at radius 1 is 1.78 bits per heavy atom. The minimum absolute atomic E-state index is 0.103. The lowest BCUT2D eigenvalue weighted by Gasteiger charge is -2.07. The molecule has 1 aliphatic heterocycles. The second kappa shape index (κ2) is 2.73. The van der Waals surface area contributed by atoms with Crippen LogP contribution in [0.25, 0.3) is 0 Å². The number of aliphatic hydroxyl groups excluding tert-OH is 1. The van der Waals surface area contributed by atoms with Crippen LogP contribution in [0.2, 0.25) is 0 Å². The van der Waals surface area contributed by atoms with Crippen LogP contribution in [0, 0.1) is 0 Å². The number of allylic oxidation sites excluding steroid dienone is 1. The zero-order chi connectivity index (χ0) is 6.69. The Hall–Kier alpha value is -0.700. The molecule has 9 heavy (non-hydrogen) atoms. The molecule has 1 heterocycles. The lowest BCUT2D eigenvalue weighted by molar-refractivity contribution is -0.0449. The van der Waals surface area contributed by atoms with Crippen molar-refractivity contribution in [3.63, 3.8) is 0 Å². The number of rotatable bonds is 2. The smallest absolute Gasteiger partial charge is 0.242 e. The summed E-state index contributed by atoms with van der Waals surface area (Å²) in [4.78, 5) is 0. The first-order valence-electron chi connectivity index (χ1n) is 2.92. The predicted octanol–water partition coefficient (Wildman–Crippen LogP) is 0.603. The topological polar surface area (TPSA) is 38.7 Å². The van der Waals surface area contributed by atoms with Gasteiger partial charge in [-0.3, -0.25) is 0 Å². The molecule has 1 N–H and O–H groups in total. The molecule has 0 saturated heterocycles. The summed E-state index contributed by atoms with van der Waals surface area (Å²) >= 11 is 0. The van der Waals surface area contributed by atoms with Crippen LogP contribution in [0.3, 0.4) is 0 Å². The van der Waals surface area contributed by atoms with Crippen molar-refractivity contribution < 1.29 is 14.6 Å². The molecule has 3 nitrogen and oxygen atoms in total. The molecule has 0 aromatic heterocycles. The molecular weight excluding hydrogens is 120 g/mol. The molecular formula is C6H10O3. The number of hydrogen-bond donors (Lipinski definition) is 1. The maximum atomic E-state index is 8.43. The van der Waals surface area contributed by atoms with E-state index in [9.17, 15) is 0 Å². The van der Waals surface area contributed by atoms with E-state index in [1.807, 2.05) is 6.92 Å². The van der Waals surface area contributed by atoms with Gasteiger partial charge in [0.25, 0.3) is 0 Å². The van der Waals surface area contributed by atoms with Crippen molar-refractivity contribution >= 4 is 0 Å². The fourth-order valence-corrected chi connectivity index (χ4v) is 0.667. The van der Waals surface area contributed by atoms with E-state index in [-0.39, 0.29) is 12.9 Å². The van der Waals surface area contributed by atoms with E-state index in [4.69, 9.17) is 14.6 Å². The quantitative estimate of drug-likeness (QED) is 0.595. The van der Waals surface area contributed by atoms with Crippen LogP contribution in [0.4, 0.5) is 0 Å². The van der Waals surface area contributed by atoms with Gasteiger partial charge in [-0.15, -0.1) is 0 Å². The van der Waals surface area contributed by atoms with Crippen molar-refractivity contribution in [1.29, 1.82) is 0 Å². The lowest BCUT2D eigenvalue weighted by Crippen LogP contribution is -2.09. The van der Waals surface area contributed by atoms with Gasteiger partial charge >= 0.3 is 0 Å². The zero-order valence-corrected chi connectivity index (χ0v) is 5.33. The van der Waals surface area contributed by atoms with E-state index in [0.29, 0.717) is 6.42 Å². The fourth-order valence-electron chi connectivity index (χ4n) is 0.667. The molecule has 0 aliphatic carbocycles. The highest BCUT2D eigenvalue weighted by Crippen LogP contribution is 2.14. The highest BCUT2D eigenvalue weighted by molar-refractivity contribution is 4.86.